The van der Waals surface area contributed by atoms with Gasteiger partial charge in [0.1, 0.15) is 11.6 Å². The maximum atomic E-state index is 13.0. The maximum absolute atomic E-state index is 13.0. The summed E-state index contributed by atoms with van der Waals surface area (Å²) in [5, 5.41) is 1.16. The molecule has 1 aliphatic heterocycles. The third kappa shape index (κ3) is 2.77. The average Bonchev–Trinajstić information content (AvgIpc) is 3.04. The lowest BCUT2D eigenvalue weighted by Crippen LogP contribution is -2.32. The van der Waals surface area contributed by atoms with Crippen LogP contribution in [0.15, 0.2) is 41.2 Å². The molecule has 2 aliphatic carbocycles. The van der Waals surface area contributed by atoms with Crippen LogP contribution < -0.4 is 5.56 Å². The van der Waals surface area contributed by atoms with Crippen LogP contribution in [0.1, 0.15) is 80.7 Å². The zero-order valence-corrected chi connectivity index (χ0v) is 18.3. The highest BCUT2D eigenvalue weighted by molar-refractivity contribution is 6.35. The number of carbonyl (C=O) groups excluding carboxylic acids is 1. The van der Waals surface area contributed by atoms with E-state index in [4.69, 9.17) is 11.6 Å². The second kappa shape index (κ2) is 7.03. The first kappa shape index (κ1) is 19.2. The number of Topliss-reactive ketones (excluding diaryl/α,β-unsaturated/α-hetero) is 1. The fourth-order valence-electron chi connectivity index (χ4n) is 6.21. The van der Waals surface area contributed by atoms with Crippen molar-refractivity contribution >= 4 is 28.3 Å². The molecule has 3 aliphatic rings. The van der Waals surface area contributed by atoms with Crippen LogP contribution in [-0.2, 0) is 10.2 Å². The molecule has 0 unspecified atom stereocenters. The number of fused-ring (bicyclic) bond motifs is 7. The number of carbonyl (C=O) groups is 1. The van der Waals surface area contributed by atoms with Gasteiger partial charge in [0, 0.05) is 12.8 Å². The summed E-state index contributed by atoms with van der Waals surface area (Å²) in [5.74, 6) is 1.68. The Morgan fingerprint density at radius 3 is 2.55 bits per heavy atom. The van der Waals surface area contributed by atoms with Gasteiger partial charge in [0.05, 0.1) is 27.0 Å². The summed E-state index contributed by atoms with van der Waals surface area (Å²) >= 11 is 6.65. The minimum Gasteiger partial charge on any atom is -0.300 e. The minimum atomic E-state index is -0.222. The van der Waals surface area contributed by atoms with Crippen LogP contribution in [0.25, 0.3) is 16.6 Å². The molecule has 0 N–H and O–H groups in total. The lowest BCUT2D eigenvalue weighted by molar-refractivity contribution is -0.120. The van der Waals surface area contributed by atoms with E-state index in [0.29, 0.717) is 35.0 Å². The van der Waals surface area contributed by atoms with Crippen LogP contribution >= 0.6 is 11.6 Å². The second-order valence-electron chi connectivity index (χ2n) is 9.44. The van der Waals surface area contributed by atoms with Crippen LogP contribution in [-0.4, -0.2) is 15.3 Å². The molecule has 2 fully saturated rings. The summed E-state index contributed by atoms with van der Waals surface area (Å²) in [4.78, 5) is 29.4. The highest BCUT2D eigenvalue weighted by Gasteiger charge is 2.46. The van der Waals surface area contributed by atoms with Crippen molar-refractivity contribution < 1.29 is 4.79 Å². The number of nitrogens with zero attached hydrogens (tertiary/aromatic N) is 2. The zero-order chi connectivity index (χ0) is 21.2. The number of rotatable bonds is 1. The van der Waals surface area contributed by atoms with Gasteiger partial charge >= 0.3 is 0 Å². The Labute approximate surface area is 186 Å². The Balaban J connectivity index is 1.61. The highest BCUT2D eigenvalue weighted by Crippen LogP contribution is 2.52. The van der Waals surface area contributed by atoms with Crippen LogP contribution in [0.4, 0.5) is 0 Å². The Bertz CT molecular complexity index is 1280. The number of para-hydroxylation sites is 1. The summed E-state index contributed by atoms with van der Waals surface area (Å²) in [5.41, 5.74) is 4.09. The van der Waals surface area contributed by atoms with E-state index in [-0.39, 0.29) is 11.0 Å². The molecule has 4 nitrogen and oxygen atoms in total. The topological polar surface area (TPSA) is 52.0 Å². The highest BCUT2D eigenvalue weighted by atomic mass is 35.5. The molecule has 1 spiro atoms. The molecule has 5 heteroatoms. The first-order valence-electron chi connectivity index (χ1n) is 11.5. The molecule has 158 valence electrons. The van der Waals surface area contributed by atoms with Crippen LogP contribution in [0.3, 0.4) is 0 Å². The Morgan fingerprint density at radius 2 is 1.77 bits per heavy atom. The van der Waals surface area contributed by atoms with Gasteiger partial charge in [-0.15, -0.1) is 0 Å². The van der Waals surface area contributed by atoms with Crippen molar-refractivity contribution in [1.82, 2.24) is 9.55 Å². The third-order valence-electron chi connectivity index (χ3n) is 7.79. The van der Waals surface area contributed by atoms with E-state index in [1.54, 1.807) is 0 Å². The summed E-state index contributed by atoms with van der Waals surface area (Å²) in [6, 6.07) is 12.3. The zero-order valence-electron chi connectivity index (χ0n) is 17.5. The van der Waals surface area contributed by atoms with E-state index in [2.05, 4.69) is 27.8 Å². The van der Waals surface area contributed by atoms with Crippen molar-refractivity contribution in [2.24, 2.45) is 0 Å². The number of hydrogen-bond donors (Lipinski definition) is 0. The van der Waals surface area contributed by atoms with Crippen LogP contribution in [0.2, 0.25) is 5.02 Å². The molecule has 2 aromatic carbocycles. The first-order valence-corrected chi connectivity index (χ1v) is 11.8. The monoisotopic (exact) mass is 432 g/mol. The van der Waals surface area contributed by atoms with Gasteiger partial charge in [-0.2, -0.15) is 4.98 Å². The van der Waals surface area contributed by atoms with E-state index < -0.39 is 0 Å². The minimum absolute atomic E-state index is 0.187. The molecule has 6 rings (SSSR count). The molecule has 2 heterocycles. The smallest absolute Gasteiger partial charge is 0.280 e. The normalized spacial score (nSPS) is 20.2. The van der Waals surface area contributed by atoms with Gasteiger partial charge in [-0.3, -0.25) is 14.2 Å². The second-order valence-corrected chi connectivity index (χ2v) is 9.85. The number of halogens is 1. The van der Waals surface area contributed by atoms with Gasteiger partial charge < -0.3 is 0 Å². The van der Waals surface area contributed by atoms with Crippen molar-refractivity contribution in [3.05, 3.63) is 68.7 Å². The average molecular weight is 433 g/mol. The van der Waals surface area contributed by atoms with E-state index in [1.807, 2.05) is 18.2 Å². The Morgan fingerprint density at radius 1 is 1.00 bits per heavy atom. The quantitative estimate of drug-likeness (QED) is 0.486. The van der Waals surface area contributed by atoms with Crippen molar-refractivity contribution in [1.29, 1.82) is 0 Å². The Hall–Kier alpha value is -2.46. The number of benzene rings is 2. The van der Waals surface area contributed by atoms with Gasteiger partial charge in [0.25, 0.3) is 5.56 Å². The molecule has 0 saturated heterocycles. The summed E-state index contributed by atoms with van der Waals surface area (Å²) in [6.45, 7) is 0. The van der Waals surface area contributed by atoms with Gasteiger partial charge in [0.15, 0.2) is 0 Å². The van der Waals surface area contributed by atoms with Gasteiger partial charge in [0.2, 0.25) is 0 Å². The molecule has 3 aromatic rings. The molecular formula is C26H25ClN2O2. The molecule has 1 aromatic heterocycles. The van der Waals surface area contributed by atoms with Crippen molar-refractivity contribution in [3.63, 3.8) is 0 Å². The predicted octanol–water partition coefficient (Wildman–Crippen LogP) is 5.83. The van der Waals surface area contributed by atoms with Crippen molar-refractivity contribution in [2.75, 3.05) is 0 Å². The Kier molecular flexibility index (Phi) is 4.36. The lowest BCUT2D eigenvalue weighted by Gasteiger charge is -2.34. The summed E-state index contributed by atoms with van der Waals surface area (Å²) < 4.78 is 2.16. The molecule has 0 bridgehead atoms. The summed E-state index contributed by atoms with van der Waals surface area (Å²) in [7, 11) is 0. The fourth-order valence-corrected chi connectivity index (χ4v) is 6.47. The van der Waals surface area contributed by atoms with E-state index in [9.17, 15) is 9.59 Å². The van der Waals surface area contributed by atoms with E-state index >= 15 is 0 Å². The largest absolute Gasteiger partial charge is 0.300 e. The molecule has 0 amide bonds. The molecule has 0 radical (unpaired) electrons. The maximum Gasteiger partial charge on any atom is 0.280 e. The van der Waals surface area contributed by atoms with Gasteiger partial charge in [-0.05, 0) is 60.9 Å². The number of hydrogen-bond acceptors (Lipinski definition) is 3. The SMILES string of the molecule is O=C1CCC(c2ccc3c(c2)C2(CCCCC2)c2nc(=O)c4cccc(Cl)c4n2-3)CC1. The summed E-state index contributed by atoms with van der Waals surface area (Å²) in [6.07, 6.45) is 8.75. The fraction of sp³-hybridized carbons (Fsp3) is 0.423. The lowest BCUT2D eigenvalue weighted by atomic mass is 9.69. The third-order valence-corrected chi connectivity index (χ3v) is 8.09. The standard InChI is InChI=1S/C26H25ClN2O2/c27-21-6-4-5-19-23(21)29-22-12-9-17(16-7-10-18(30)11-8-16)15-20(22)26(13-2-1-3-14-26)25(29)28-24(19)31/h4-6,9,12,15-16H,1-3,7-8,10-11,13-14H2. The molecular weight excluding hydrogens is 408 g/mol. The number of ketones is 1. The van der Waals surface area contributed by atoms with E-state index in [0.717, 1.165) is 55.6 Å². The molecule has 0 atom stereocenters. The van der Waals surface area contributed by atoms with Crippen LogP contribution in [0.5, 0.6) is 0 Å². The predicted molar refractivity (Wildman–Crippen MR) is 122 cm³/mol. The van der Waals surface area contributed by atoms with Crippen LogP contribution in [0, 0.1) is 0 Å². The van der Waals surface area contributed by atoms with Crippen molar-refractivity contribution in [3.8, 4) is 5.69 Å². The van der Waals surface area contributed by atoms with Gasteiger partial charge in [-0.1, -0.05) is 49.1 Å². The van der Waals surface area contributed by atoms with Crippen molar-refractivity contribution in [2.45, 2.75) is 69.1 Å². The number of aromatic nitrogens is 2. The molecule has 2 saturated carbocycles. The molecule has 31 heavy (non-hydrogen) atoms. The van der Waals surface area contributed by atoms with E-state index in [1.165, 1.54) is 17.5 Å². The van der Waals surface area contributed by atoms with Gasteiger partial charge in [-0.25, -0.2) is 0 Å². The first-order chi connectivity index (χ1) is 15.1.